The van der Waals surface area contributed by atoms with Gasteiger partial charge in [0.15, 0.2) is 0 Å². The molecular formula is C21H21N7O3. The number of nitro benzene ring substituents is 1. The smallest absolute Gasteiger partial charge is 0.269 e. The number of rotatable bonds is 5. The average molecular weight is 419 g/mol. The van der Waals surface area contributed by atoms with E-state index in [1.54, 1.807) is 11.1 Å². The highest BCUT2D eigenvalue weighted by molar-refractivity contribution is 5.94. The standard InChI is InChI=1S/C21H21N7O3/c1-15-6-7-22-18(12-15)25-19-13-20(24-14-23-19)26-8-10-27(11-9-26)21(29)16-2-4-17(5-3-16)28(30)31/h2-7,12-14H,8-11H2,1H3,(H,22,23,24,25). The van der Waals surface area contributed by atoms with Crippen LogP contribution in [0.5, 0.6) is 0 Å². The number of amides is 1. The minimum atomic E-state index is -0.479. The summed E-state index contributed by atoms with van der Waals surface area (Å²) < 4.78 is 0. The summed E-state index contributed by atoms with van der Waals surface area (Å²) in [6.07, 6.45) is 3.24. The van der Waals surface area contributed by atoms with Crippen LogP contribution in [0.15, 0.2) is 55.0 Å². The first-order valence-corrected chi connectivity index (χ1v) is 9.80. The van der Waals surface area contributed by atoms with Crippen LogP contribution in [-0.2, 0) is 0 Å². The number of benzene rings is 1. The Morgan fingerprint density at radius 3 is 2.39 bits per heavy atom. The Bertz CT molecular complexity index is 1100. The molecule has 1 aliphatic rings. The molecule has 0 spiro atoms. The van der Waals surface area contributed by atoms with Crippen LogP contribution in [0.2, 0.25) is 0 Å². The van der Waals surface area contributed by atoms with E-state index in [1.807, 2.05) is 25.1 Å². The fourth-order valence-corrected chi connectivity index (χ4v) is 3.37. The van der Waals surface area contributed by atoms with Crippen molar-refractivity contribution in [2.75, 3.05) is 36.4 Å². The van der Waals surface area contributed by atoms with Crippen molar-refractivity contribution in [3.63, 3.8) is 0 Å². The molecule has 1 N–H and O–H groups in total. The lowest BCUT2D eigenvalue weighted by molar-refractivity contribution is -0.384. The average Bonchev–Trinajstić information content (AvgIpc) is 2.79. The molecule has 4 rings (SSSR count). The first-order valence-electron chi connectivity index (χ1n) is 9.80. The lowest BCUT2D eigenvalue weighted by Crippen LogP contribution is -2.49. The molecule has 0 atom stereocenters. The Labute approximate surface area is 178 Å². The van der Waals surface area contributed by atoms with Gasteiger partial charge >= 0.3 is 0 Å². The molecule has 0 radical (unpaired) electrons. The molecule has 0 unspecified atom stereocenters. The summed E-state index contributed by atoms with van der Waals surface area (Å²) in [5.74, 6) is 1.99. The van der Waals surface area contributed by atoms with Crippen molar-refractivity contribution in [1.29, 1.82) is 0 Å². The second-order valence-electron chi connectivity index (χ2n) is 7.19. The van der Waals surface area contributed by atoms with Gasteiger partial charge in [-0.1, -0.05) is 0 Å². The van der Waals surface area contributed by atoms with Gasteiger partial charge in [0.2, 0.25) is 0 Å². The van der Waals surface area contributed by atoms with E-state index in [-0.39, 0.29) is 11.6 Å². The van der Waals surface area contributed by atoms with Crippen LogP contribution >= 0.6 is 0 Å². The van der Waals surface area contributed by atoms with Gasteiger partial charge in [0.05, 0.1) is 4.92 Å². The van der Waals surface area contributed by atoms with E-state index >= 15 is 0 Å². The van der Waals surface area contributed by atoms with Gasteiger partial charge in [-0.2, -0.15) is 0 Å². The van der Waals surface area contributed by atoms with Crippen LogP contribution < -0.4 is 10.2 Å². The van der Waals surface area contributed by atoms with Gasteiger partial charge < -0.3 is 15.1 Å². The van der Waals surface area contributed by atoms with Gasteiger partial charge in [-0.25, -0.2) is 15.0 Å². The number of aryl methyl sites for hydroxylation is 1. The Balaban J connectivity index is 1.38. The Hall–Kier alpha value is -4.08. The van der Waals surface area contributed by atoms with Crippen LogP contribution in [0.25, 0.3) is 0 Å². The third kappa shape index (κ3) is 4.74. The number of piperazine rings is 1. The lowest BCUT2D eigenvalue weighted by atomic mass is 10.1. The van der Waals surface area contributed by atoms with Crippen molar-refractivity contribution in [2.45, 2.75) is 6.92 Å². The van der Waals surface area contributed by atoms with Gasteiger partial charge in [0.1, 0.15) is 23.8 Å². The zero-order chi connectivity index (χ0) is 21.8. The highest BCUT2D eigenvalue weighted by Gasteiger charge is 2.23. The second-order valence-corrected chi connectivity index (χ2v) is 7.19. The lowest BCUT2D eigenvalue weighted by Gasteiger charge is -2.35. The van der Waals surface area contributed by atoms with E-state index in [1.165, 1.54) is 30.6 Å². The van der Waals surface area contributed by atoms with Gasteiger partial charge in [0.25, 0.3) is 11.6 Å². The summed E-state index contributed by atoms with van der Waals surface area (Å²) >= 11 is 0. The number of non-ortho nitro benzene ring substituents is 1. The summed E-state index contributed by atoms with van der Waals surface area (Å²) in [6.45, 7) is 4.30. The molecule has 3 aromatic rings. The number of carbonyl (C=O) groups excluding carboxylic acids is 1. The summed E-state index contributed by atoms with van der Waals surface area (Å²) in [5, 5.41) is 14.0. The molecule has 1 saturated heterocycles. The quantitative estimate of drug-likeness (QED) is 0.496. The SMILES string of the molecule is Cc1ccnc(Nc2cc(N3CCN(C(=O)c4ccc([N+](=O)[O-])cc4)CC3)ncn2)c1. The number of hydrogen-bond acceptors (Lipinski definition) is 8. The number of hydrogen-bond donors (Lipinski definition) is 1. The molecule has 2 aromatic heterocycles. The maximum atomic E-state index is 12.7. The van der Waals surface area contributed by atoms with Crippen LogP contribution in [-0.4, -0.2) is 56.9 Å². The molecule has 1 aromatic carbocycles. The maximum Gasteiger partial charge on any atom is 0.269 e. The van der Waals surface area contributed by atoms with Crippen molar-refractivity contribution >= 4 is 29.0 Å². The van der Waals surface area contributed by atoms with Gasteiger partial charge in [-0.15, -0.1) is 0 Å². The van der Waals surface area contributed by atoms with E-state index in [4.69, 9.17) is 0 Å². The van der Waals surface area contributed by atoms with E-state index in [0.717, 1.165) is 11.4 Å². The first kappa shape index (κ1) is 20.2. The molecule has 1 aliphatic heterocycles. The zero-order valence-corrected chi connectivity index (χ0v) is 16.9. The summed E-state index contributed by atoms with van der Waals surface area (Å²) in [6, 6.07) is 11.4. The van der Waals surface area contributed by atoms with Crippen molar-refractivity contribution in [3.8, 4) is 0 Å². The molecule has 158 valence electrons. The number of nitrogens with zero attached hydrogens (tertiary/aromatic N) is 6. The monoisotopic (exact) mass is 419 g/mol. The van der Waals surface area contributed by atoms with Crippen molar-refractivity contribution < 1.29 is 9.72 Å². The third-order valence-corrected chi connectivity index (χ3v) is 5.04. The summed E-state index contributed by atoms with van der Waals surface area (Å²) in [7, 11) is 0. The molecule has 31 heavy (non-hydrogen) atoms. The highest BCUT2D eigenvalue weighted by atomic mass is 16.6. The highest BCUT2D eigenvalue weighted by Crippen LogP contribution is 2.20. The predicted octanol–water partition coefficient (Wildman–Crippen LogP) is 2.79. The van der Waals surface area contributed by atoms with Gasteiger partial charge in [0, 0.05) is 56.1 Å². The minimum Gasteiger partial charge on any atom is -0.353 e. The van der Waals surface area contributed by atoms with Crippen LogP contribution in [0.4, 0.5) is 23.1 Å². The number of aromatic nitrogens is 3. The normalized spacial score (nSPS) is 13.7. The van der Waals surface area contributed by atoms with E-state index < -0.39 is 4.92 Å². The fraction of sp³-hybridized carbons (Fsp3) is 0.238. The van der Waals surface area contributed by atoms with E-state index in [0.29, 0.717) is 43.4 Å². The maximum absolute atomic E-state index is 12.7. The third-order valence-electron chi connectivity index (χ3n) is 5.04. The number of nitrogens with one attached hydrogen (secondary N) is 1. The van der Waals surface area contributed by atoms with E-state index in [2.05, 4.69) is 25.2 Å². The molecule has 0 bridgehead atoms. The molecule has 10 heteroatoms. The van der Waals surface area contributed by atoms with Gasteiger partial charge in [-0.3, -0.25) is 14.9 Å². The number of anilines is 3. The van der Waals surface area contributed by atoms with Gasteiger partial charge in [-0.05, 0) is 36.8 Å². The number of carbonyl (C=O) groups is 1. The number of nitro groups is 1. The van der Waals surface area contributed by atoms with Crippen LogP contribution in [0, 0.1) is 17.0 Å². The molecule has 0 saturated carbocycles. The molecule has 1 fully saturated rings. The first-order chi connectivity index (χ1) is 15.0. The molecule has 3 heterocycles. The molecular weight excluding hydrogens is 398 g/mol. The Kier molecular flexibility index (Phi) is 5.69. The Morgan fingerprint density at radius 2 is 1.71 bits per heavy atom. The zero-order valence-electron chi connectivity index (χ0n) is 16.9. The van der Waals surface area contributed by atoms with Crippen LogP contribution in [0.1, 0.15) is 15.9 Å². The number of pyridine rings is 1. The summed E-state index contributed by atoms with van der Waals surface area (Å²) in [4.78, 5) is 39.8. The van der Waals surface area contributed by atoms with E-state index in [9.17, 15) is 14.9 Å². The predicted molar refractivity (Wildman–Crippen MR) is 116 cm³/mol. The summed E-state index contributed by atoms with van der Waals surface area (Å²) in [5.41, 5.74) is 1.51. The van der Waals surface area contributed by atoms with Crippen molar-refractivity contribution in [3.05, 3.63) is 76.2 Å². The topological polar surface area (TPSA) is 117 Å². The molecule has 10 nitrogen and oxygen atoms in total. The second kappa shape index (κ2) is 8.74. The fourth-order valence-electron chi connectivity index (χ4n) is 3.37. The van der Waals surface area contributed by atoms with Crippen molar-refractivity contribution in [2.24, 2.45) is 0 Å². The largest absolute Gasteiger partial charge is 0.353 e. The van der Waals surface area contributed by atoms with Crippen LogP contribution in [0.3, 0.4) is 0 Å². The molecule has 1 amide bonds. The Morgan fingerprint density at radius 1 is 1.00 bits per heavy atom. The van der Waals surface area contributed by atoms with Crippen molar-refractivity contribution in [1.82, 2.24) is 19.9 Å². The molecule has 0 aliphatic carbocycles. The minimum absolute atomic E-state index is 0.0320.